The van der Waals surface area contributed by atoms with Crippen molar-refractivity contribution >= 4 is 5.57 Å². The standard InChI is InChI=1S/C15H23NO/c1-6-15(12(2)11-16(3)4)13-8-7-9-14(10-13)17-5/h6-10,12H,11H2,1-5H3/b15-6-. The van der Waals surface area contributed by atoms with Crippen molar-refractivity contribution in [1.29, 1.82) is 0 Å². The molecule has 0 amide bonds. The minimum atomic E-state index is 0.516. The summed E-state index contributed by atoms with van der Waals surface area (Å²) in [5.41, 5.74) is 2.62. The van der Waals surface area contributed by atoms with E-state index in [2.05, 4.69) is 51.1 Å². The van der Waals surface area contributed by atoms with Gasteiger partial charge in [0.1, 0.15) is 5.75 Å². The molecule has 1 aromatic carbocycles. The van der Waals surface area contributed by atoms with E-state index in [1.54, 1.807) is 7.11 Å². The van der Waals surface area contributed by atoms with Gasteiger partial charge in [-0.3, -0.25) is 0 Å². The van der Waals surface area contributed by atoms with E-state index in [1.807, 2.05) is 12.1 Å². The van der Waals surface area contributed by atoms with Crippen molar-refractivity contribution in [2.24, 2.45) is 5.92 Å². The second-order valence-electron chi connectivity index (χ2n) is 4.64. The van der Waals surface area contributed by atoms with Crippen LogP contribution < -0.4 is 4.74 Å². The average Bonchev–Trinajstić information content (AvgIpc) is 2.29. The van der Waals surface area contributed by atoms with E-state index < -0.39 is 0 Å². The Morgan fingerprint density at radius 3 is 2.65 bits per heavy atom. The predicted octanol–water partition coefficient (Wildman–Crippen LogP) is 3.30. The fourth-order valence-corrected chi connectivity index (χ4v) is 2.18. The number of allylic oxidation sites excluding steroid dienone is 1. The van der Waals surface area contributed by atoms with Gasteiger partial charge in [-0.25, -0.2) is 0 Å². The topological polar surface area (TPSA) is 12.5 Å². The first-order valence-corrected chi connectivity index (χ1v) is 6.03. The van der Waals surface area contributed by atoms with Gasteiger partial charge in [0.15, 0.2) is 0 Å². The van der Waals surface area contributed by atoms with Crippen LogP contribution in [0.25, 0.3) is 5.57 Å². The third-order valence-corrected chi connectivity index (χ3v) is 2.88. The van der Waals surface area contributed by atoms with Crippen molar-refractivity contribution in [3.63, 3.8) is 0 Å². The molecule has 1 unspecified atom stereocenters. The quantitative estimate of drug-likeness (QED) is 0.773. The van der Waals surface area contributed by atoms with E-state index in [1.165, 1.54) is 11.1 Å². The highest BCUT2D eigenvalue weighted by Crippen LogP contribution is 2.26. The Morgan fingerprint density at radius 2 is 2.12 bits per heavy atom. The number of ether oxygens (including phenoxy) is 1. The Kier molecular flexibility index (Phi) is 5.23. The van der Waals surface area contributed by atoms with Crippen molar-refractivity contribution in [2.75, 3.05) is 27.7 Å². The largest absolute Gasteiger partial charge is 0.497 e. The van der Waals surface area contributed by atoms with E-state index >= 15 is 0 Å². The van der Waals surface area contributed by atoms with Crippen LogP contribution in [0.2, 0.25) is 0 Å². The van der Waals surface area contributed by atoms with Crippen LogP contribution in [-0.2, 0) is 0 Å². The van der Waals surface area contributed by atoms with Crippen LogP contribution in [0.3, 0.4) is 0 Å². The zero-order chi connectivity index (χ0) is 12.8. The molecule has 1 rings (SSSR count). The summed E-state index contributed by atoms with van der Waals surface area (Å²) < 4.78 is 5.27. The van der Waals surface area contributed by atoms with Crippen molar-refractivity contribution in [2.45, 2.75) is 13.8 Å². The fraction of sp³-hybridized carbons (Fsp3) is 0.467. The van der Waals surface area contributed by atoms with E-state index in [0.717, 1.165) is 12.3 Å². The normalized spacial score (nSPS) is 13.9. The lowest BCUT2D eigenvalue weighted by Gasteiger charge is -2.20. The number of nitrogens with zero attached hydrogens (tertiary/aromatic N) is 1. The molecule has 0 N–H and O–H groups in total. The van der Waals surface area contributed by atoms with Gasteiger partial charge in [-0.2, -0.15) is 0 Å². The lowest BCUT2D eigenvalue weighted by molar-refractivity contribution is 0.375. The van der Waals surface area contributed by atoms with Crippen LogP contribution in [0, 0.1) is 5.92 Å². The van der Waals surface area contributed by atoms with Gasteiger partial charge in [0.05, 0.1) is 7.11 Å². The number of benzene rings is 1. The molecule has 0 bridgehead atoms. The van der Waals surface area contributed by atoms with Gasteiger partial charge in [-0.1, -0.05) is 25.1 Å². The highest BCUT2D eigenvalue weighted by atomic mass is 16.5. The Labute approximate surface area is 105 Å². The lowest BCUT2D eigenvalue weighted by atomic mass is 9.93. The second-order valence-corrected chi connectivity index (χ2v) is 4.64. The number of hydrogen-bond donors (Lipinski definition) is 0. The second kappa shape index (κ2) is 6.45. The third kappa shape index (κ3) is 3.90. The molecule has 0 aliphatic carbocycles. The maximum Gasteiger partial charge on any atom is 0.119 e. The maximum absolute atomic E-state index is 5.27. The van der Waals surface area contributed by atoms with Crippen molar-refractivity contribution in [1.82, 2.24) is 4.90 Å². The van der Waals surface area contributed by atoms with Gasteiger partial charge in [0, 0.05) is 6.54 Å². The molecule has 2 nitrogen and oxygen atoms in total. The molecule has 1 aromatic rings. The van der Waals surface area contributed by atoms with Gasteiger partial charge in [0.2, 0.25) is 0 Å². The Hall–Kier alpha value is -1.28. The Balaban J connectivity index is 2.93. The first kappa shape index (κ1) is 13.8. The molecule has 0 aromatic heterocycles. The summed E-state index contributed by atoms with van der Waals surface area (Å²) in [4.78, 5) is 2.22. The van der Waals surface area contributed by atoms with Gasteiger partial charge in [-0.05, 0) is 50.2 Å². The summed E-state index contributed by atoms with van der Waals surface area (Å²) in [6.45, 7) is 5.41. The Bertz CT molecular complexity index is 382. The van der Waals surface area contributed by atoms with Crippen LogP contribution in [0.4, 0.5) is 0 Å². The summed E-state index contributed by atoms with van der Waals surface area (Å²) in [5, 5.41) is 0. The van der Waals surface area contributed by atoms with Gasteiger partial charge in [0.25, 0.3) is 0 Å². The molecule has 0 aliphatic heterocycles. The van der Waals surface area contributed by atoms with Crippen LogP contribution >= 0.6 is 0 Å². The van der Waals surface area contributed by atoms with E-state index in [4.69, 9.17) is 4.74 Å². The number of rotatable bonds is 5. The molecule has 0 spiro atoms. The van der Waals surface area contributed by atoms with Crippen LogP contribution in [0.5, 0.6) is 5.75 Å². The molecular formula is C15H23NO. The van der Waals surface area contributed by atoms with Crippen LogP contribution in [0.1, 0.15) is 19.4 Å². The molecule has 0 saturated heterocycles. The zero-order valence-corrected chi connectivity index (χ0v) is 11.5. The summed E-state index contributed by atoms with van der Waals surface area (Å²) in [5.74, 6) is 1.43. The van der Waals surface area contributed by atoms with Crippen LogP contribution in [-0.4, -0.2) is 32.6 Å². The van der Waals surface area contributed by atoms with Crippen molar-refractivity contribution < 1.29 is 4.74 Å². The van der Waals surface area contributed by atoms with E-state index in [0.29, 0.717) is 5.92 Å². The number of hydrogen-bond acceptors (Lipinski definition) is 2. The Morgan fingerprint density at radius 1 is 1.41 bits per heavy atom. The van der Waals surface area contributed by atoms with Gasteiger partial charge < -0.3 is 9.64 Å². The first-order valence-electron chi connectivity index (χ1n) is 6.03. The van der Waals surface area contributed by atoms with Gasteiger partial charge in [-0.15, -0.1) is 0 Å². The van der Waals surface area contributed by atoms with Crippen molar-refractivity contribution in [3.8, 4) is 5.75 Å². The number of methoxy groups -OCH3 is 1. The van der Waals surface area contributed by atoms with Crippen LogP contribution in [0.15, 0.2) is 30.3 Å². The minimum Gasteiger partial charge on any atom is -0.497 e. The summed E-state index contributed by atoms with van der Waals surface area (Å²) in [6, 6.07) is 8.26. The van der Waals surface area contributed by atoms with E-state index in [-0.39, 0.29) is 0 Å². The molecule has 0 aliphatic rings. The first-order chi connectivity index (χ1) is 8.08. The highest BCUT2D eigenvalue weighted by molar-refractivity contribution is 5.68. The lowest BCUT2D eigenvalue weighted by Crippen LogP contribution is -2.20. The molecule has 94 valence electrons. The third-order valence-electron chi connectivity index (χ3n) is 2.88. The molecule has 0 fully saturated rings. The molecule has 0 radical (unpaired) electrons. The molecule has 17 heavy (non-hydrogen) atoms. The minimum absolute atomic E-state index is 0.516. The summed E-state index contributed by atoms with van der Waals surface area (Å²) in [7, 11) is 5.92. The monoisotopic (exact) mass is 233 g/mol. The molecule has 0 saturated carbocycles. The van der Waals surface area contributed by atoms with Crippen molar-refractivity contribution in [3.05, 3.63) is 35.9 Å². The highest BCUT2D eigenvalue weighted by Gasteiger charge is 2.11. The molecule has 1 atom stereocenters. The fourth-order valence-electron chi connectivity index (χ4n) is 2.18. The van der Waals surface area contributed by atoms with E-state index in [9.17, 15) is 0 Å². The summed E-state index contributed by atoms with van der Waals surface area (Å²) >= 11 is 0. The molecule has 0 heterocycles. The predicted molar refractivity (Wildman–Crippen MR) is 74.4 cm³/mol. The average molecular weight is 233 g/mol. The van der Waals surface area contributed by atoms with Gasteiger partial charge >= 0.3 is 0 Å². The molecule has 2 heteroatoms. The zero-order valence-electron chi connectivity index (χ0n) is 11.5. The molecular weight excluding hydrogens is 210 g/mol. The summed E-state index contributed by atoms with van der Waals surface area (Å²) in [6.07, 6.45) is 2.20. The maximum atomic E-state index is 5.27. The SMILES string of the molecule is C/C=C(\c1cccc(OC)c1)C(C)CN(C)C. The smallest absolute Gasteiger partial charge is 0.119 e.